The molecule has 1 aromatic rings. The highest BCUT2D eigenvalue weighted by molar-refractivity contribution is 6.06. The molecule has 7 heteroatoms. The molecule has 0 saturated carbocycles. The van der Waals surface area contributed by atoms with Crippen LogP contribution < -0.4 is 11.1 Å². The number of rotatable bonds is 5. The van der Waals surface area contributed by atoms with E-state index < -0.39 is 5.41 Å². The summed E-state index contributed by atoms with van der Waals surface area (Å²) in [7, 11) is 0. The quantitative estimate of drug-likeness (QED) is 0.299. The van der Waals surface area contributed by atoms with Crippen LogP contribution in [0, 0.1) is 5.41 Å². The molecule has 7 nitrogen and oxygen atoms in total. The third-order valence-electron chi connectivity index (χ3n) is 2.80. The second kappa shape index (κ2) is 5.33. The van der Waals surface area contributed by atoms with E-state index in [0.29, 0.717) is 12.1 Å². The number of amides is 1. The molecule has 1 heterocycles. The van der Waals surface area contributed by atoms with E-state index in [1.165, 1.54) is 6.26 Å². The van der Waals surface area contributed by atoms with Crippen molar-refractivity contribution in [2.45, 2.75) is 26.8 Å². The van der Waals surface area contributed by atoms with Crippen molar-refractivity contribution in [2.75, 3.05) is 0 Å². The molecule has 1 rings (SSSR count). The molecule has 0 saturated heterocycles. The smallest absolute Gasteiger partial charge is 0.233 e. The van der Waals surface area contributed by atoms with Gasteiger partial charge in [-0.25, -0.2) is 0 Å². The third kappa shape index (κ3) is 2.74. The van der Waals surface area contributed by atoms with E-state index in [1.54, 1.807) is 19.9 Å². The zero-order chi connectivity index (χ0) is 12.9. The van der Waals surface area contributed by atoms with Crippen LogP contribution in [0.2, 0.25) is 0 Å². The molecule has 4 N–H and O–H groups in total. The van der Waals surface area contributed by atoms with Crippen molar-refractivity contribution in [3.8, 4) is 0 Å². The van der Waals surface area contributed by atoms with E-state index in [1.807, 2.05) is 0 Å². The number of carbonyl (C=O) groups is 1. The summed E-state index contributed by atoms with van der Waals surface area (Å²) in [6.45, 7) is 3.64. The molecule has 1 aromatic heterocycles. The van der Waals surface area contributed by atoms with Crippen LogP contribution in [0.3, 0.4) is 0 Å². The highest BCUT2D eigenvalue weighted by Gasteiger charge is 2.36. The van der Waals surface area contributed by atoms with Gasteiger partial charge in [0.25, 0.3) is 0 Å². The summed E-state index contributed by atoms with van der Waals surface area (Å²) in [4.78, 5) is 12.0. The van der Waals surface area contributed by atoms with Gasteiger partial charge in [0.15, 0.2) is 5.84 Å². The van der Waals surface area contributed by atoms with Crippen molar-refractivity contribution < 1.29 is 14.5 Å². The Labute approximate surface area is 98.6 Å². The first-order valence-corrected chi connectivity index (χ1v) is 5.20. The summed E-state index contributed by atoms with van der Waals surface area (Å²) in [5.74, 6) is -0.434. The van der Waals surface area contributed by atoms with Crippen molar-refractivity contribution in [3.63, 3.8) is 0 Å². The Morgan fingerprint density at radius 2 is 2.47 bits per heavy atom. The van der Waals surface area contributed by atoms with Crippen molar-refractivity contribution in [1.82, 2.24) is 10.5 Å². The summed E-state index contributed by atoms with van der Waals surface area (Å²) in [6.07, 6.45) is 1.84. The van der Waals surface area contributed by atoms with Gasteiger partial charge in [-0.05, 0) is 13.3 Å². The van der Waals surface area contributed by atoms with E-state index >= 15 is 0 Å². The number of aromatic nitrogens is 1. The lowest BCUT2D eigenvalue weighted by Crippen LogP contribution is -2.47. The number of oxime groups is 1. The molecule has 1 atom stereocenters. The van der Waals surface area contributed by atoms with E-state index in [9.17, 15) is 4.79 Å². The number of hydrogen-bond donors (Lipinski definition) is 3. The van der Waals surface area contributed by atoms with Gasteiger partial charge in [-0.15, -0.1) is 0 Å². The van der Waals surface area contributed by atoms with Gasteiger partial charge in [0, 0.05) is 6.07 Å². The number of nitrogens with zero attached hydrogens (tertiary/aromatic N) is 2. The average molecular weight is 240 g/mol. The number of hydrogen-bond acceptors (Lipinski definition) is 5. The van der Waals surface area contributed by atoms with Gasteiger partial charge in [-0.3, -0.25) is 4.79 Å². The van der Waals surface area contributed by atoms with Gasteiger partial charge < -0.3 is 20.8 Å². The van der Waals surface area contributed by atoms with Crippen LogP contribution in [-0.4, -0.2) is 22.1 Å². The van der Waals surface area contributed by atoms with Crippen LogP contribution in [0.1, 0.15) is 26.0 Å². The van der Waals surface area contributed by atoms with Crippen molar-refractivity contribution in [1.29, 1.82) is 0 Å². The highest BCUT2D eigenvalue weighted by Crippen LogP contribution is 2.21. The van der Waals surface area contributed by atoms with Crippen molar-refractivity contribution >= 4 is 11.7 Å². The van der Waals surface area contributed by atoms with Gasteiger partial charge in [0.1, 0.15) is 17.4 Å². The van der Waals surface area contributed by atoms with Gasteiger partial charge in [0.05, 0.1) is 6.54 Å². The fourth-order valence-corrected chi connectivity index (χ4v) is 1.26. The Bertz CT molecular complexity index is 402. The lowest BCUT2D eigenvalue weighted by molar-refractivity contribution is -0.127. The standard InChI is InChI=1S/C10H16N4O3/c1-3-10(2,8(11)13-16)9(15)12-6-7-4-5-17-14-7/h4-5,16H,3,6H2,1-2H3,(H2,11,13)(H,12,15). The second-order valence-electron chi connectivity index (χ2n) is 3.84. The summed E-state index contributed by atoms with van der Waals surface area (Å²) in [5, 5.41) is 17.9. The molecule has 0 aromatic carbocycles. The minimum atomic E-state index is -1.03. The van der Waals surface area contributed by atoms with Gasteiger partial charge in [-0.1, -0.05) is 17.2 Å². The molecule has 94 valence electrons. The van der Waals surface area contributed by atoms with E-state index in [-0.39, 0.29) is 18.3 Å². The normalized spacial score (nSPS) is 15.3. The molecular weight excluding hydrogens is 224 g/mol. The van der Waals surface area contributed by atoms with Crippen LogP contribution in [-0.2, 0) is 11.3 Å². The molecule has 0 aliphatic rings. The first-order chi connectivity index (χ1) is 8.04. The Morgan fingerprint density at radius 3 is 2.94 bits per heavy atom. The minimum Gasteiger partial charge on any atom is -0.409 e. The van der Waals surface area contributed by atoms with Crippen LogP contribution in [0.15, 0.2) is 22.0 Å². The first kappa shape index (κ1) is 13.0. The average Bonchev–Trinajstić information content (AvgIpc) is 2.86. The maximum Gasteiger partial charge on any atom is 0.233 e. The number of amidine groups is 1. The Kier molecular flexibility index (Phi) is 4.08. The number of nitrogens with two attached hydrogens (primary N) is 1. The predicted molar refractivity (Wildman–Crippen MR) is 60.2 cm³/mol. The maximum absolute atomic E-state index is 12.0. The SMILES string of the molecule is CCC(C)(C(=O)NCc1ccon1)/C(N)=N/O. The summed E-state index contributed by atoms with van der Waals surface area (Å²) < 4.78 is 4.64. The van der Waals surface area contributed by atoms with Gasteiger partial charge >= 0.3 is 0 Å². The molecule has 0 aliphatic heterocycles. The second-order valence-corrected chi connectivity index (χ2v) is 3.84. The minimum absolute atomic E-state index is 0.113. The molecule has 1 amide bonds. The van der Waals surface area contributed by atoms with Crippen LogP contribution >= 0.6 is 0 Å². The summed E-state index contributed by atoms with van der Waals surface area (Å²) in [5.41, 5.74) is 5.10. The van der Waals surface area contributed by atoms with Crippen molar-refractivity contribution in [2.24, 2.45) is 16.3 Å². The molecule has 0 bridgehead atoms. The summed E-state index contributed by atoms with van der Waals surface area (Å²) >= 11 is 0. The highest BCUT2D eigenvalue weighted by atomic mass is 16.5. The van der Waals surface area contributed by atoms with Gasteiger partial charge in [0.2, 0.25) is 5.91 Å². The Balaban J connectivity index is 2.67. The topological polar surface area (TPSA) is 114 Å². The largest absolute Gasteiger partial charge is 0.409 e. The first-order valence-electron chi connectivity index (χ1n) is 5.20. The lowest BCUT2D eigenvalue weighted by Gasteiger charge is -2.24. The number of carbonyl (C=O) groups excluding carboxylic acids is 1. The fourth-order valence-electron chi connectivity index (χ4n) is 1.26. The Hall–Kier alpha value is -2.05. The van der Waals surface area contributed by atoms with Crippen LogP contribution in [0.5, 0.6) is 0 Å². The molecule has 0 spiro atoms. The molecule has 0 radical (unpaired) electrons. The molecular formula is C10H16N4O3. The zero-order valence-corrected chi connectivity index (χ0v) is 9.80. The molecule has 0 aliphatic carbocycles. The molecule has 1 unspecified atom stereocenters. The van der Waals surface area contributed by atoms with Crippen molar-refractivity contribution in [3.05, 3.63) is 18.0 Å². The zero-order valence-electron chi connectivity index (χ0n) is 9.80. The summed E-state index contributed by atoms with van der Waals surface area (Å²) in [6, 6.07) is 1.65. The predicted octanol–water partition coefficient (Wildman–Crippen LogP) is 0.454. The number of nitrogens with one attached hydrogen (secondary N) is 1. The Morgan fingerprint density at radius 1 is 1.76 bits per heavy atom. The lowest BCUT2D eigenvalue weighted by atomic mass is 9.85. The maximum atomic E-state index is 12.0. The van der Waals surface area contributed by atoms with Crippen LogP contribution in [0.4, 0.5) is 0 Å². The fraction of sp³-hybridized carbons (Fsp3) is 0.500. The monoisotopic (exact) mass is 240 g/mol. The van der Waals surface area contributed by atoms with E-state index in [2.05, 4.69) is 20.2 Å². The van der Waals surface area contributed by atoms with Gasteiger partial charge in [-0.2, -0.15) is 0 Å². The van der Waals surface area contributed by atoms with E-state index in [0.717, 1.165) is 0 Å². The van der Waals surface area contributed by atoms with E-state index in [4.69, 9.17) is 10.9 Å². The molecule has 0 fully saturated rings. The third-order valence-corrected chi connectivity index (χ3v) is 2.80. The molecule has 17 heavy (non-hydrogen) atoms. The van der Waals surface area contributed by atoms with Crippen LogP contribution in [0.25, 0.3) is 0 Å².